The molecule has 0 spiro atoms. The van der Waals surface area contributed by atoms with E-state index >= 15 is 0 Å². The van der Waals surface area contributed by atoms with Crippen LogP contribution in [0, 0.1) is 24.7 Å². The van der Waals surface area contributed by atoms with Gasteiger partial charge in [0.2, 0.25) is 5.69 Å². The van der Waals surface area contributed by atoms with Crippen LogP contribution in [0.25, 0.3) is 4.85 Å². The molecule has 0 radical (unpaired) electrons. The van der Waals surface area contributed by atoms with Gasteiger partial charge in [-0.15, -0.1) is 0 Å². The van der Waals surface area contributed by atoms with Gasteiger partial charge in [0.25, 0.3) is 5.91 Å². The Bertz CT molecular complexity index is 947. The fourth-order valence-electron chi connectivity index (χ4n) is 2.88. The highest BCUT2D eigenvalue weighted by Crippen LogP contribution is 2.33. The minimum Gasteiger partial charge on any atom is -0.368 e. The number of amides is 1. The molecule has 0 aliphatic rings. The zero-order chi connectivity index (χ0) is 21.8. The maximum absolute atomic E-state index is 14.6. The van der Waals surface area contributed by atoms with Gasteiger partial charge in [0, 0.05) is 24.8 Å². The summed E-state index contributed by atoms with van der Waals surface area (Å²) < 4.78 is 14.6. The van der Waals surface area contributed by atoms with Crippen LogP contribution in [0.5, 0.6) is 0 Å². The summed E-state index contributed by atoms with van der Waals surface area (Å²) in [5, 5.41) is 2.95. The topological polar surface area (TPSA) is 70.8 Å². The van der Waals surface area contributed by atoms with Crippen LogP contribution in [-0.2, 0) is 4.84 Å². The fraction of sp³-hybridized carbons (Fsp3) is 0.381. The van der Waals surface area contributed by atoms with Gasteiger partial charge in [-0.2, -0.15) is 0 Å². The van der Waals surface area contributed by atoms with Crippen LogP contribution in [0.4, 0.5) is 27.4 Å². The number of halogens is 1. The minimum atomic E-state index is -0.643. The molecule has 7 nitrogen and oxygen atoms in total. The molecule has 2 aromatic rings. The normalized spacial score (nSPS) is 11.0. The van der Waals surface area contributed by atoms with Crippen LogP contribution < -0.4 is 15.7 Å². The second-order valence-electron chi connectivity index (χ2n) is 7.98. The molecule has 1 aromatic heterocycles. The van der Waals surface area contributed by atoms with Crippen molar-refractivity contribution in [2.24, 2.45) is 5.41 Å². The lowest BCUT2D eigenvalue weighted by molar-refractivity contribution is 0.0537. The first kappa shape index (κ1) is 22.1. The van der Waals surface area contributed by atoms with Crippen LogP contribution in [0.15, 0.2) is 24.3 Å². The van der Waals surface area contributed by atoms with Gasteiger partial charge >= 0.3 is 0 Å². The van der Waals surface area contributed by atoms with Crippen LogP contribution in [0.3, 0.4) is 0 Å². The van der Waals surface area contributed by atoms with E-state index in [9.17, 15) is 9.18 Å². The van der Waals surface area contributed by atoms with Gasteiger partial charge in [-0.05, 0) is 36.1 Å². The number of hydroxylamine groups is 1. The molecule has 0 aliphatic heterocycles. The van der Waals surface area contributed by atoms with E-state index in [4.69, 9.17) is 6.57 Å². The molecule has 154 valence electrons. The van der Waals surface area contributed by atoms with Gasteiger partial charge in [0.05, 0.1) is 13.7 Å². The number of aryl methyl sites for hydroxylation is 1. The molecule has 8 heteroatoms. The Kier molecular flexibility index (Phi) is 6.77. The molecule has 1 amide bonds. The molecule has 1 heterocycles. The Balaban J connectivity index is 2.43. The number of carbonyl (C=O) groups is 1. The molecule has 0 unspecified atom stereocenters. The fourth-order valence-corrected chi connectivity index (χ4v) is 2.88. The zero-order valence-corrected chi connectivity index (χ0v) is 17.6. The predicted octanol–water partition coefficient (Wildman–Crippen LogP) is 4.60. The number of hydrogen-bond donors (Lipinski definition) is 2. The molecular formula is C21H26FN5O2. The van der Waals surface area contributed by atoms with E-state index in [0.29, 0.717) is 23.6 Å². The molecule has 0 aliphatic carbocycles. The van der Waals surface area contributed by atoms with E-state index in [2.05, 4.69) is 46.2 Å². The lowest BCUT2D eigenvalue weighted by Gasteiger charge is -2.28. The zero-order valence-electron chi connectivity index (χ0n) is 17.6. The molecule has 1 aromatic carbocycles. The van der Waals surface area contributed by atoms with Gasteiger partial charge in [-0.3, -0.25) is 9.63 Å². The summed E-state index contributed by atoms with van der Waals surface area (Å²) in [6.45, 7) is 16.1. The van der Waals surface area contributed by atoms with E-state index in [1.807, 2.05) is 18.9 Å². The molecular weight excluding hydrogens is 373 g/mol. The van der Waals surface area contributed by atoms with Crippen LogP contribution in [0.1, 0.15) is 36.7 Å². The Morgan fingerprint density at radius 2 is 2.03 bits per heavy atom. The average molecular weight is 399 g/mol. The second-order valence-corrected chi connectivity index (χ2v) is 7.98. The third-order valence-electron chi connectivity index (χ3n) is 4.08. The number of nitrogens with zero attached hydrogens (tertiary/aromatic N) is 3. The van der Waals surface area contributed by atoms with E-state index in [1.165, 1.54) is 13.2 Å². The van der Waals surface area contributed by atoms with Crippen molar-refractivity contribution in [2.75, 3.05) is 30.9 Å². The highest BCUT2D eigenvalue weighted by Gasteiger charge is 2.20. The third kappa shape index (κ3) is 5.65. The quantitative estimate of drug-likeness (QED) is 0.549. The monoisotopic (exact) mass is 399 g/mol. The molecule has 2 N–H and O–H groups in total. The number of anilines is 3. The van der Waals surface area contributed by atoms with Crippen molar-refractivity contribution in [2.45, 2.75) is 27.7 Å². The van der Waals surface area contributed by atoms with Gasteiger partial charge < -0.3 is 10.2 Å². The summed E-state index contributed by atoms with van der Waals surface area (Å²) in [5.41, 5.74) is 4.04. The van der Waals surface area contributed by atoms with Crippen molar-refractivity contribution in [3.8, 4) is 0 Å². The average Bonchev–Trinajstić information content (AvgIpc) is 2.63. The molecule has 0 saturated heterocycles. The number of benzene rings is 1. The van der Waals surface area contributed by atoms with E-state index in [0.717, 1.165) is 5.56 Å². The first-order valence-corrected chi connectivity index (χ1v) is 9.06. The largest absolute Gasteiger partial charge is 0.368 e. The number of rotatable bonds is 6. The summed E-state index contributed by atoms with van der Waals surface area (Å²) in [7, 11) is 3.17. The molecule has 29 heavy (non-hydrogen) atoms. The summed E-state index contributed by atoms with van der Waals surface area (Å²) in [5.74, 6) is -0.682. The molecule has 2 rings (SSSR count). The number of pyridine rings is 1. The maximum atomic E-state index is 14.6. The smallest absolute Gasteiger partial charge is 0.274 e. The number of carbonyl (C=O) groups excluding carboxylic acids is 1. The van der Waals surface area contributed by atoms with Crippen molar-refractivity contribution in [3.05, 3.63) is 52.6 Å². The lowest BCUT2D eigenvalue weighted by atomic mass is 9.96. The Morgan fingerprint density at radius 3 is 2.62 bits per heavy atom. The number of aromatic nitrogens is 1. The second kappa shape index (κ2) is 8.88. The van der Waals surface area contributed by atoms with Crippen molar-refractivity contribution in [3.63, 3.8) is 0 Å². The van der Waals surface area contributed by atoms with Gasteiger partial charge in [0.1, 0.15) is 5.82 Å². The molecule has 0 saturated carbocycles. The van der Waals surface area contributed by atoms with Gasteiger partial charge in [-0.1, -0.05) is 26.8 Å². The minimum absolute atomic E-state index is 0.0134. The van der Waals surface area contributed by atoms with Crippen molar-refractivity contribution in [1.82, 2.24) is 10.5 Å². The molecule has 0 fully saturated rings. The van der Waals surface area contributed by atoms with Crippen molar-refractivity contribution < 1.29 is 14.0 Å². The predicted molar refractivity (Wildman–Crippen MR) is 112 cm³/mol. The van der Waals surface area contributed by atoms with Crippen molar-refractivity contribution >= 4 is 28.9 Å². The van der Waals surface area contributed by atoms with Crippen LogP contribution >= 0.6 is 0 Å². The van der Waals surface area contributed by atoms with Crippen LogP contribution in [-0.4, -0.2) is 31.6 Å². The van der Waals surface area contributed by atoms with E-state index < -0.39 is 11.7 Å². The van der Waals surface area contributed by atoms with E-state index in [-0.39, 0.29) is 16.9 Å². The number of nitrogens with one attached hydrogen (secondary N) is 2. The van der Waals surface area contributed by atoms with E-state index in [1.54, 1.807) is 18.2 Å². The summed E-state index contributed by atoms with van der Waals surface area (Å²) in [4.78, 5) is 26.3. The summed E-state index contributed by atoms with van der Waals surface area (Å²) in [6.07, 6.45) is 0. The Labute approximate surface area is 170 Å². The lowest BCUT2D eigenvalue weighted by Crippen LogP contribution is -2.30. The summed E-state index contributed by atoms with van der Waals surface area (Å²) >= 11 is 0. The standard InChI is InChI=1S/C21H26FN5O2/c1-13-8-9-14(20(28)26-29-7)10-16(13)24-18-15(22)11-17(23-5)19(25-18)27(6)12-21(2,3)4/h8-11H,12H2,1-4,6-7H3,(H,24,25)(H,26,28). The maximum Gasteiger partial charge on any atom is 0.274 e. The Hall–Kier alpha value is -3.18. The SMILES string of the molecule is [C-]#[N+]c1cc(F)c(Nc2cc(C(=O)NOC)ccc2C)nc1N(C)CC(C)(C)C. The van der Waals surface area contributed by atoms with Gasteiger partial charge in [0.15, 0.2) is 11.6 Å². The molecule has 0 bridgehead atoms. The highest BCUT2D eigenvalue weighted by molar-refractivity contribution is 5.94. The number of hydrogen-bond acceptors (Lipinski definition) is 5. The third-order valence-corrected chi connectivity index (χ3v) is 4.08. The molecule has 0 atom stereocenters. The van der Waals surface area contributed by atoms with Crippen molar-refractivity contribution in [1.29, 1.82) is 0 Å². The first-order valence-electron chi connectivity index (χ1n) is 9.06. The Morgan fingerprint density at radius 1 is 1.34 bits per heavy atom. The summed E-state index contributed by atoms with van der Waals surface area (Å²) in [6, 6.07) is 6.15. The van der Waals surface area contributed by atoms with Crippen LogP contribution in [0.2, 0.25) is 0 Å². The highest BCUT2D eigenvalue weighted by atomic mass is 19.1. The first-order chi connectivity index (χ1) is 13.6. The van der Waals surface area contributed by atoms with Gasteiger partial charge in [-0.25, -0.2) is 19.7 Å².